The Morgan fingerprint density at radius 1 is 0.852 bits per heavy atom. The highest BCUT2D eigenvalue weighted by Gasteiger charge is 2.35. The number of ketones is 1. The number of Topliss-reactive ketones (excluding diaryl/α,β-unsaturated/α-hetero) is 1. The van der Waals surface area contributed by atoms with Crippen LogP contribution in [0, 0.1) is 0 Å². The zero-order valence-corrected chi connectivity index (χ0v) is 16.4. The molecular weight excluding hydrogens is 426 g/mol. The van der Waals surface area contributed by atoms with Crippen LogP contribution in [-0.2, 0) is 9.84 Å². The third kappa shape index (κ3) is 3.11. The number of carbonyl (C=O) groups is 1. The van der Waals surface area contributed by atoms with Gasteiger partial charge in [-0.05, 0) is 30.3 Å². The van der Waals surface area contributed by atoms with Gasteiger partial charge in [0, 0.05) is 21.9 Å². The third-order valence-corrected chi connectivity index (χ3v) is 6.58. The number of carbonyl (C=O) groups excluding carboxylic acids is 1. The molecule has 1 aliphatic heterocycles. The van der Waals surface area contributed by atoms with E-state index in [2.05, 4.69) is 15.9 Å². The zero-order valence-electron chi connectivity index (χ0n) is 14.0. The van der Waals surface area contributed by atoms with Gasteiger partial charge in [0.2, 0.25) is 15.6 Å². The summed E-state index contributed by atoms with van der Waals surface area (Å²) in [5.41, 5.74) is 1.60. The van der Waals surface area contributed by atoms with Gasteiger partial charge in [0.1, 0.15) is 4.91 Å². The Kier molecular flexibility index (Phi) is 4.45. The molecule has 0 saturated heterocycles. The Hall–Kier alpha value is -2.70. The number of sulfone groups is 1. The molecule has 0 bridgehead atoms. The first-order valence-corrected chi connectivity index (χ1v) is 10.5. The number of anilines is 2. The van der Waals surface area contributed by atoms with Crippen LogP contribution in [0.3, 0.4) is 0 Å². The van der Waals surface area contributed by atoms with Crippen molar-refractivity contribution in [1.82, 2.24) is 0 Å². The van der Waals surface area contributed by atoms with Crippen molar-refractivity contribution in [2.45, 2.75) is 4.90 Å². The minimum Gasteiger partial charge on any atom is -0.314 e. The van der Waals surface area contributed by atoms with Crippen molar-refractivity contribution in [2.75, 3.05) is 4.90 Å². The highest BCUT2D eigenvalue weighted by molar-refractivity contribution is 9.10. The van der Waals surface area contributed by atoms with Gasteiger partial charge >= 0.3 is 0 Å². The van der Waals surface area contributed by atoms with Crippen LogP contribution < -0.4 is 4.90 Å². The summed E-state index contributed by atoms with van der Waals surface area (Å²) in [6.07, 6.45) is 1.41. The van der Waals surface area contributed by atoms with Crippen molar-refractivity contribution in [3.8, 4) is 0 Å². The fraction of sp³-hybridized carbons (Fsp3) is 0. The van der Waals surface area contributed by atoms with E-state index < -0.39 is 15.6 Å². The average molecular weight is 440 g/mol. The van der Waals surface area contributed by atoms with Gasteiger partial charge in [0.05, 0.1) is 10.6 Å². The van der Waals surface area contributed by atoms with Crippen molar-refractivity contribution in [3.05, 3.63) is 100 Å². The summed E-state index contributed by atoms with van der Waals surface area (Å²) < 4.78 is 27.1. The lowest BCUT2D eigenvalue weighted by atomic mass is 10.1. The van der Waals surface area contributed by atoms with Gasteiger partial charge in [0.15, 0.2) is 0 Å². The zero-order chi connectivity index (χ0) is 19.0. The molecule has 0 saturated carbocycles. The summed E-state index contributed by atoms with van der Waals surface area (Å²) in [5, 5.41) is 0. The molecule has 0 unspecified atom stereocenters. The van der Waals surface area contributed by atoms with Gasteiger partial charge < -0.3 is 4.90 Å². The molecule has 4 nitrogen and oxygen atoms in total. The van der Waals surface area contributed by atoms with Crippen LogP contribution in [0.5, 0.6) is 0 Å². The second-order valence-electron chi connectivity index (χ2n) is 6.01. The van der Waals surface area contributed by atoms with E-state index in [0.29, 0.717) is 11.3 Å². The lowest BCUT2D eigenvalue weighted by Crippen LogP contribution is -2.25. The maximum Gasteiger partial charge on any atom is 0.214 e. The van der Waals surface area contributed by atoms with Crippen LogP contribution in [0.25, 0.3) is 0 Å². The molecule has 0 fully saturated rings. The summed E-state index contributed by atoms with van der Waals surface area (Å²) in [6, 6.07) is 22.6. The number of rotatable bonds is 3. The molecule has 0 spiro atoms. The number of fused-ring (bicyclic) bond motifs is 1. The molecule has 4 rings (SSSR count). The molecule has 0 aliphatic carbocycles. The molecule has 1 aliphatic rings. The maximum absolute atomic E-state index is 13.1. The summed E-state index contributed by atoms with van der Waals surface area (Å²) in [5.74, 6) is -0.523. The molecule has 0 amide bonds. The lowest BCUT2D eigenvalue weighted by Gasteiger charge is -2.29. The molecule has 6 heteroatoms. The normalized spacial score (nSPS) is 15.0. The van der Waals surface area contributed by atoms with Crippen LogP contribution in [0.4, 0.5) is 11.4 Å². The van der Waals surface area contributed by atoms with E-state index in [9.17, 15) is 13.2 Å². The van der Waals surface area contributed by atoms with Gasteiger partial charge in [-0.2, -0.15) is 0 Å². The summed E-state index contributed by atoms with van der Waals surface area (Å²) in [6.45, 7) is 0. The van der Waals surface area contributed by atoms with Crippen molar-refractivity contribution in [1.29, 1.82) is 0 Å². The molecular formula is C21H14BrNO3S. The molecule has 0 atom stereocenters. The summed E-state index contributed by atoms with van der Waals surface area (Å²) in [4.78, 5) is 14.6. The van der Waals surface area contributed by atoms with Gasteiger partial charge in [0.25, 0.3) is 0 Å². The third-order valence-electron chi connectivity index (χ3n) is 4.30. The topological polar surface area (TPSA) is 54.5 Å². The van der Waals surface area contributed by atoms with Crippen LogP contribution in [-0.4, -0.2) is 14.2 Å². The first-order valence-electron chi connectivity index (χ1n) is 8.19. The SMILES string of the molecule is O=C(C1=CN(c2cccc(Br)c2)c2ccccc2S1(=O)=O)c1ccccc1. The van der Waals surface area contributed by atoms with Gasteiger partial charge in [-0.3, -0.25) is 4.79 Å². The summed E-state index contributed by atoms with van der Waals surface area (Å²) >= 11 is 3.44. The maximum atomic E-state index is 13.1. The number of para-hydroxylation sites is 1. The van der Waals surface area contributed by atoms with Crippen molar-refractivity contribution in [2.24, 2.45) is 0 Å². The number of hydrogen-bond acceptors (Lipinski definition) is 4. The van der Waals surface area contributed by atoms with Gasteiger partial charge in [-0.1, -0.05) is 64.5 Å². The predicted octanol–water partition coefficient (Wildman–Crippen LogP) is 5.10. The van der Waals surface area contributed by atoms with E-state index in [1.807, 2.05) is 24.3 Å². The Balaban J connectivity index is 1.94. The quantitative estimate of drug-likeness (QED) is 0.532. The Labute approximate surface area is 165 Å². The first-order chi connectivity index (χ1) is 13.0. The number of allylic oxidation sites excluding steroid dienone is 1. The largest absolute Gasteiger partial charge is 0.314 e. The Morgan fingerprint density at radius 2 is 1.56 bits per heavy atom. The molecule has 3 aromatic carbocycles. The Bertz CT molecular complexity index is 1170. The fourth-order valence-corrected chi connectivity index (χ4v) is 4.94. The molecule has 27 heavy (non-hydrogen) atoms. The fourth-order valence-electron chi connectivity index (χ4n) is 3.01. The average Bonchev–Trinajstić information content (AvgIpc) is 2.68. The van der Waals surface area contributed by atoms with Crippen molar-refractivity contribution in [3.63, 3.8) is 0 Å². The number of halogens is 1. The van der Waals surface area contributed by atoms with Gasteiger partial charge in [-0.15, -0.1) is 0 Å². The smallest absolute Gasteiger partial charge is 0.214 e. The predicted molar refractivity (Wildman–Crippen MR) is 109 cm³/mol. The minimum atomic E-state index is -3.92. The van der Waals surface area contributed by atoms with Crippen molar-refractivity contribution < 1.29 is 13.2 Å². The van der Waals surface area contributed by atoms with Crippen LogP contribution in [0.1, 0.15) is 10.4 Å². The van der Waals surface area contributed by atoms with E-state index >= 15 is 0 Å². The Morgan fingerprint density at radius 3 is 2.30 bits per heavy atom. The van der Waals surface area contributed by atoms with E-state index in [-0.39, 0.29) is 9.80 Å². The minimum absolute atomic E-state index is 0.117. The van der Waals surface area contributed by atoms with E-state index in [1.165, 1.54) is 12.3 Å². The molecule has 3 aromatic rings. The van der Waals surface area contributed by atoms with E-state index in [0.717, 1.165) is 10.2 Å². The monoisotopic (exact) mass is 439 g/mol. The summed E-state index contributed by atoms with van der Waals surface area (Å²) in [7, 11) is -3.92. The highest BCUT2D eigenvalue weighted by Crippen LogP contribution is 2.40. The van der Waals surface area contributed by atoms with Gasteiger partial charge in [-0.25, -0.2) is 8.42 Å². The second kappa shape index (κ2) is 6.79. The second-order valence-corrected chi connectivity index (χ2v) is 8.81. The van der Waals surface area contributed by atoms with Crippen LogP contribution in [0.15, 0.2) is 99.3 Å². The van der Waals surface area contributed by atoms with E-state index in [1.54, 1.807) is 53.4 Å². The van der Waals surface area contributed by atoms with E-state index in [4.69, 9.17) is 0 Å². The van der Waals surface area contributed by atoms with Crippen LogP contribution >= 0.6 is 15.9 Å². The first kappa shape index (κ1) is 17.7. The molecule has 0 aromatic heterocycles. The standard InChI is InChI=1S/C21H14BrNO3S/c22-16-9-6-10-17(13-16)23-14-20(21(24)15-7-2-1-3-8-15)27(25,26)19-12-5-4-11-18(19)23/h1-14H. The molecule has 0 N–H and O–H groups in total. The number of hydrogen-bond donors (Lipinski definition) is 0. The van der Waals surface area contributed by atoms with Crippen LogP contribution in [0.2, 0.25) is 0 Å². The molecule has 1 heterocycles. The molecule has 0 radical (unpaired) electrons. The number of benzene rings is 3. The number of nitrogens with zero attached hydrogens (tertiary/aromatic N) is 1. The lowest BCUT2D eigenvalue weighted by molar-refractivity contribution is 0.104. The highest BCUT2D eigenvalue weighted by atomic mass is 79.9. The molecule has 134 valence electrons. The van der Waals surface area contributed by atoms with Crippen molar-refractivity contribution >= 4 is 42.9 Å².